The summed E-state index contributed by atoms with van der Waals surface area (Å²) in [4.78, 5) is 48.0. The lowest BCUT2D eigenvalue weighted by Crippen LogP contribution is -2.40. The average molecular weight is 1020 g/mol. The smallest absolute Gasteiger partial charge is 0.257 e. The molecule has 0 saturated carbocycles. The molecule has 0 aliphatic carbocycles. The summed E-state index contributed by atoms with van der Waals surface area (Å²) in [7, 11) is 8.35. The van der Waals surface area contributed by atoms with Crippen molar-refractivity contribution < 1.29 is 47.5 Å². The van der Waals surface area contributed by atoms with E-state index in [1.165, 1.54) is 11.1 Å². The Morgan fingerprint density at radius 2 is 1.17 bits per heavy atom. The number of hydrogen-bond acceptors (Lipinski definition) is 16. The molecule has 71 heavy (non-hydrogen) atoms. The maximum absolute atomic E-state index is 13.8. The predicted molar refractivity (Wildman–Crippen MR) is 284 cm³/mol. The van der Waals surface area contributed by atoms with E-state index < -0.39 is 0 Å². The second kappa shape index (κ2) is 27.1. The number of carbonyl (C=O) groups excluding carboxylic acids is 2. The number of pyridine rings is 1. The molecule has 4 aliphatic rings. The molecule has 4 aliphatic heterocycles. The van der Waals surface area contributed by atoms with Crippen molar-refractivity contribution in [2.45, 2.75) is 84.4 Å². The number of ether oxygens (including phenoxy) is 8. The molecule has 2 amide bonds. The molecule has 386 valence electrons. The summed E-state index contributed by atoms with van der Waals surface area (Å²) < 4.78 is 47.5. The summed E-state index contributed by atoms with van der Waals surface area (Å²) in [5.74, 6) is 2.03. The molecule has 1 aromatic heterocycles. The summed E-state index contributed by atoms with van der Waals surface area (Å²) in [6.07, 6.45) is 11.4. The maximum Gasteiger partial charge on any atom is 0.257 e. The molecule has 1 unspecified atom stereocenters. The van der Waals surface area contributed by atoms with Gasteiger partial charge in [-0.1, -0.05) is 58.7 Å². The van der Waals surface area contributed by atoms with Crippen molar-refractivity contribution in [1.82, 2.24) is 19.7 Å². The van der Waals surface area contributed by atoms with E-state index in [2.05, 4.69) is 37.2 Å². The number of rotatable bonds is 25. The molecule has 3 aromatic rings. The number of aliphatic imine (C=N–C) groups is 2. The minimum absolute atomic E-state index is 0.0155. The van der Waals surface area contributed by atoms with E-state index in [9.17, 15) is 9.59 Å². The zero-order chi connectivity index (χ0) is 50.9. The van der Waals surface area contributed by atoms with Crippen LogP contribution >= 0.6 is 21.6 Å². The zero-order valence-corrected chi connectivity index (χ0v) is 44.8. The summed E-state index contributed by atoms with van der Waals surface area (Å²) in [6, 6.07) is 10.4. The summed E-state index contributed by atoms with van der Waals surface area (Å²) in [6.45, 7) is 18.9. The number of benzene rings is 2. The highest BCUT2D eigenvalue weighted by Crippen LogP contribution is 2.41. The molecular weight excluding hydrogens is 945 g/mol. The first kappa shape index (κ1) is 55.2. The maximum atomic E-state index is 13.8. The van der Waals surface area contributed by atoms with Crippen LogP contribution in [0.25, 0.3) is 0 Å². The van der Waals surface area contributed by atoms with E-state index in [0.717, 1.165) is 25.9 Å². The van der Waals surface area contributed by atoms with Crippen LogP contribution in [0.5, 0.6) is 28.7 Å². The van der Waals surface area contributed by atoms with Crippen molar-refractivity contribution in [2.75, 3.05) is 100.0 Å². The highest BCUT2D eigenvalue weighted by atomic mass is 33.1. The van der Waals surface area contributed by atoms with Crippen molar-refractivity contribution in [3.8, 4) is 28.7 Å². The quantitative estimate of drug-likeness (QED) is 0.0450. The Morgan fingerprint density at radius 3 is 1.65 bits per heavy atom. The van der Waals surface area contributed by atoms with Gasteiger partial charge >= 0.3 is 0 Å². The second-order valence-electron chi connectivity index (χ2n) is 17.6. The molecule has 2 atom stereocenters. The number of amides is 2. The van der Waals surface area contributed by atoms with Gasteiger partial charge < -0.3 is 47.7 Å². The molecule has 18 heteroatoms. The van der Waals surface area contributed by atoms with Gasteiger partial charge in [0.05, 0.1) is 93.2 Å². The SMILES string of the molecule is C/C=C1\CC2C=Nc3cc(OCc4cc(OCCN(CCOCCOCCOC)CC(C)(C)SSC)cc(COc5cc6c(cc5OC)C(=O)N5C/C(=C/C)C[C@H]5C=N6)n4)c(OC)cc3C(=O)N2C1.CC. The van der Waals surface area contributed by atoms with E-state index in [1.54, 1.807) is 56.4 Å². The van der Waals surface area contributed by atoms with Crippen LogP contribution in [-0.4, -0.2) is 161 Å². The third kappa shape index (κ3) is 14.8. The number of allylic oxidation sites excluding steroid dienone is 2. The minimum atomic E-state index is -0.109. The predicted octanol–water partition coefficient (Wildman–Crippen LogP) is 9.19. The number of carbonyl (C=O) groups is 2. The standard InChI is InChI=1S/C51H66N6O10S2.C2H6/c1-9-34-19-38-27-52-43-25-47(45(61-6)23-41(43)49(58)56(38)29-34)66-31-36-21-40(65-14-12-55(33-51(3,4)69-68-8)11-13-63-17-18-64-16-15-60-5)22-37(54-36)32-67-48-26-44-42(24-46(48)62-7)50(59)57-30-35(10-2)20-39(57)28-53-44;1-2/h9-10,21-28,38-39H,11-20,29-33H2,1-8H3;1-2H3/b34-9+,35-10+;/t38-,39?;/m0./s1. The first-order valence-corrected chi connectivity index (χ1v) is 26.9. The van der Waals surface area contributed by atoms with Gasteiger partial charge in [-0.3, -0.25) is 29.5 Å². The minimum Gasteiger partial charge on any atom is -0.493 e. The average Bonchev–Trinajstić information content (AvgIpc) is 3.95. The molecular formula is C53H72N6O10S2. The van der Waals surface area contributed by atoms with Gasteiger partial charge in [-0.25, -0.2) is 0 Å². The van der Waals surface area contributed by atoms with E-state index in [1.807, 2.05) is 72.9 Å². The van der Waals surface area contributed by atoms with E-state index >= 15 is 0 Å². The molecule has 0 N–H and O–H groups in total. The molecule has 2 fully saturated rings. The number of aromatic nitrogens is 1. The fraction of sp³-hybridized carbons (Fsp3) is 0.528. The second-order valence-corrected chi connectivity index (χ2v) is 20.7. The van der Waals surface area contributed by atoms with E-state index in [-0.39, 0.29) is 41.9 Å². The number of hydrogen-bond donors (Lipinski definition) is 0. The summed E-state index contributed by atoms with van der Waals surface area (Å²) in [5, 5.41) is 0. The van der Waals surface area contributed by atoms with Crippen molar-refractivity contribution in [1.29, 1.82) is 0 Å². The van der Waals surface area contributed by atoms with Gasteiger partial charge in [0, 0.05) is 81.3 Å². The topological polar surface area (TPSA) is 155 Å². The summed E-state index contributed by atoms with van der Waals surface area (Å²) >= 11 is 0. The van der Waals surface area contributed by atoms with Crippen LogP contribution in [0.3, 0.4) is 0 Å². The number of nitrogens with zero attached hydrogens (tertiary/aromatic N) is 6. The largest absolute Gasteiger partial charge is 0.493 e. The third-order valence-corrected chi connectivity index (χ3v) is 14.8. The van der Waals surface area contributed by atoms with Crippen LogP contribution in [0.4, 0.5) is 11.4 Å². The Labute approximate surface area is 427 Å². The Bertz CT molecular complexity index is 2280. The van der Waals surface area contributed by atoms with Gasteiger partial charge in [0.2, 0.25) is 0 Å². The fourth-order valence-electron chi connectivity index (χ4n) is 8.69. The van der Waals surface area contributed by atoms with E-state index in [0.29, 0.717) is 122 Å². The monoisotopic (exact) mass is 1020 g/mol. The molecule has 7 rings (SSSR count). The Hall–Kier alpha value is -5.11. The normalized spacial score (nSPS) is 18.2. The van der Waals surface area contributed by atoms with Gasteiger partial charge in [0.1, 0.15) is 25.6 Å². The third-order valence-electron chi connectivity index (χ3n) is 12.2. The lowest BCUT2D eigenvalue weighted by atomic mass is 10.1. The van der Waals surface area contributed by atoms with Gasteiger partial charge in [0.15, 0.2) is 23.0 Å². The molecule has 16 nitrogen and oxygen atoms in total. The van der Waals surface area contributed by atoms with Crippen LogP contribution in [0.2, 0.25) is 0 Å². The molecule has 0 radical (unpaired) electrons. The van der Waals surface area contributed by atoms with Crippen LogP contribution < -0.4 is 23.7 Å². The number of fused-ring (bicyclic) bond motifs is 4. The van der Waals surface area contributed by atoms with Gasteiger partial charge in [-0.2, -0.15) is 0 Å². The molecule has 0 spiro atoms. The van der Waals surface area contributed by atoms with Crippen LogP contribution in [0, 0.1) is 0 Å². The van der Waals surface area contributed by atoms with Gasteiger partial charge in [-0.05, 0) is 58.9 Å². The highest BCUT2D eigenvalue weighted by molar-refractivity contribution is 8.77. The van der Waals surface area contributed by atoms with Gasteiger partial charge in [0.25, 0.3) is 11.8 Å². The molecule has 2 aromatic carbocycles. The first-order valence-electron chi connectivity index (χ1n) is 24.4. The Balaban J connectivity index is 0.00000407. The van der Waals surface area contributed by atoms with Crippen LogP contribution in [0.15, 0.2) is 69.7 Å². The van der Waals surface area contributed by atoms with Crippen LogP contribution in [-0.2, 0) is 27.4 Å². The van der Waals surface area contributed by atoms with Gasteiger partial charge in [-0.15, -0.1) is 0 Å². The molecule has 5 heterocycles. The lowest BCUT2D eigenvalue weighted by molar-refractivity contribution is 0.0184. The molecule has 0 bridgehead atoms. The van der Waals surface area contributed by atoms with Crippen molar-refractivity contribution in [2.24, 2.45) is 9.98 Å². The zero-order valence-electron chi connectivity index (χ0n) is 43.1. The lowest BCUT2D eigenvalue weighted by Gasteiger charge is -2.31. The van der Waals surface area contributed by atoms with Crippen LogP contribution in [0.1, 0.15) is 86.5 Å². The first-order chi connectivity index (χ1) is 34.5. The highest BCUT2D eigenvalue weighted by Gasteiger charge is 2.36. The number of methoxy groups -OCH3 is 3. The fourth-order valence-corrected chi connectivity index (χ4v) is 10.9. The van der Waals surface area contributed by atoms with Crippen molar-refractivity contribution in [3.63, 3.8) is 0 Å². The Kier molecular flexibility index (Phi) is 21.1. The summed E-state index contributed by atoms with van der Waals surface area (Å²) in [5.41, 5.74) is 5.50. The Morgan fingerprint density at radius 1 is 0.676 bits per heavy atom. The molecule has 2 saturated heterocycles. The van der Waals surface area contributed by atoms with Crippen molar-refractivity contribution >= 4 is 57.2 Å². The van der Waals surface area contributed by atoms with Crippen molar-refractivity contribution in [3.05, 3.63) is 82.2 Å². The van der Waals surface area contributed by atoms with E-state index in [4.69, 9.17) is 52.9 Å².